The zero-order chi connectivity index (χ0) is 10.8. The second-order valence-electron chi connectivity index (χ2n) is 3.20. The highest BCUT2D eigenvalue weighted by Crippen LogP contribution is 2.26. The summed E-state index contributed by atoms with van der Waals surface area (Å²) >= 11 is 0. The number of piperazine rings is 1. The Morgan fingerprint density at radius 3 is 2.73 bits per heavy atom. The van der Waals surface area contributed by atoms with E-state index in [2.05, 4.69) is 5.32 Å². The van der Waals surface area contributed by atoms with Gasteiger partial charge in [-0.15, -0.1) is 0 Å². The topological polar surface area (TPSA) is 69.6 Å². The molecule has 1 saturated heterocycles. The highest BCUT2D eigenvalue weighted by molar-refractivity contribution is 6.41. The number of carbonyl (C=O) groups is 2. The molecule has 2 amide bonds. The van der Waals surface area contributed by atoms with E-state index in [0.717, 1.165) is 0 Å². The van der Waals surface area contributed by atoms with Crippen LogP contribution in [0, 0.1) is 0 Å². The van der Waals surface area contributed by atoms with Gasteiger partial charge in [0.2, 0.25) is 0 Å². The Bertz CT molecular complexity index is 417. The van der Waals surface area contributed by atoms with Crippen molar-refractivity contribution in [2.75, 3.05) is 18.0 Å². The van der Waals surface area contributed by atoms with E-state index in [1.54, 1.807) is 18.2 Å². The molecule has 0 aliphatic carbocycles. The molecule has 1 aliphatic heterocycles. The maximum absolute atomic E-state index is 11.5. The lowest BCUT2D eigenvalue weighted by atomic mass is 10.2. The van der Waals surface area contributed by atoms with Crippen LogP contribution in [-0.2, 0) is 9.59 Å². The summed E-state index contributed by atoms with van der Waals surface area (Å²) in [5.41, 5.74) is 0.373. The Kier molecular flexibility index (Phi) is 2.29. The van der Waals surface area contributed by atoms with Crippen molar-refractivity contribution in [2.45, 2.75) is 0 Å². The molecule has 0 saturated carbocycles. The average molecular weight is 206 g/mol. The van der Waals surface area contributed by atoms with Crippen molar-refractivity contribution in [3.05, 3.63) is 24.3 Å². The molecule has 1 aromatic carbocycles. The van der Waals surface area contributed by atoms with Crippen LogP contribution in [-0.4, -0.2) is 30.0 Å². The number of nitrogens with one attached hydrogen (secondary N) is 1. The minimum Gasteiger partial charge on any atom is -0.506 e. The summed E-state index contributed by atoms with van der Waals surface area (Å²) in [6.45, 7) is 0.779. The maximum Gasteiger partial charge on any atom is 0.316 e. The van der Waals surface area contributed by atoms with Gasteiger partial charge in [0.15, 0.2) is 0 Å². The molecule has 1 fully saturated rings. The molecule has 0 unspecified atom stereocenters. The van der Waals surface area contributed by atoms with Gasteiger partial charge in [0.05, 0.1) is 5.69 Å². The molecule has 2 N–H and O–H groups in total. The van der Waals surface area contributed by atoms with Gasteiger partial charge < -0.3 is 10.4 Å². The predicted octanol–water partition coefficient (Wildman–Crippen LogP) is -0.145. The Balaban J connectivity index is 2.34. The predicted molar refractivity (Wildman–Crippen MR) is 53.5 cm³/mol. The lowest BCUT2D eigenvalue weighted by Gasteiger charge is -2.26. The number of hydrogen-bond donors (Lipinski definition) is 2. The first-order valence-corrected chi connectivity index (χ1v) is 4.58. The number of rotatable bonds is 1. The Labute approximate surface area is 86.3 Å². The van der Waals surface area contributed by atoms with Crippen LogP contribution < -0.4 is 10.2 Å². The molecule has 0 aromatic heterocycles. The first-order valence-electron chi connectivity index (χ1n) is 4.58. The van der Waals surface area contributed by atoms with Crippen LogP contribution in [0.15, 0.2) is 24.3 Å². The summed E-state index contributed by atoms with van der Waals surface area (Å²) in [5.74, 6) is -1.27. The SMILES string of the molecule is O=C1NCCN(c2ccccc2O)C1=O. The van der Waals surface area contributed by atoms with E-state index < -0.39 is 11.8 Å². The van der Waals surface area contributed by atoms with Crippen molar-refractivity contribution >= 4 is 17.5 Å². The second kappa shape index (κ2) is 3.61. The Morgan fingerprint density at radius 2 is 2.00 bits per heavy atom. The molecule has 78 valence electrons. The first kappa shape index (κ1) is 9.51. The molecular formula is C10H10N2O3. The quantitative estimate of drug-likeness (QED) is 0.628. The van der Waals surface area contributed by atoms with Gasteiger partial charge in [-0.25, -0.2) is 0 Å². The molecule has 2 rings (SSSR count). The third kappa shape index (κ3) is 1.63. The van der Waals surface area contributed by atoms with Crippen LogP contribution in [0.4, 0.5) is 5.69 Å². The van der Waals surface area contributed by atoms with Gasteiger partial charge >= 0.3 is 11.8 Å². The van der Waals surface area contributed by atoms with E-state index >= 15 is 0 Å². The molecule has 1 aliphatic rings. The van der Waals surface area contributed by atoms with Crippen LogP contribution in [0.3, 0.4) is 0 Å². The number of aromatic hydroxyl groups is 1. The van der Waals surface area contributed by atoms with E-state index in [-0.39, 0.29) is 5.75 Å². The molecule has 0 bridgehead atoms. The Morgan fingerprint density at radius 1 is 1.27 bits per heavy atom. The van der Waals surface area contributed by atoms with Crippen molar-refractivity contribution in [1.29, 1.82) is 0 Å². The van der Waals surface area contributed by atoms with E-state index in [0.29, 0.717) is 18.8 Å². The minimum absolute atomic E-state index is 0.000509. The summed E-state index contributed by atoms with van der Waals surface area (Å²) < 4.78 is 0. The molecular weight excluding hydrogens is 196 g/mol. The molecule has 0 radical (unpaired) electrons. The summed E-state index contributed by atoms with van der Waals surface area (Å²) in [4.78, 5) is 23.9. The summed E-state index contributed by atoms with van der Waals surface area (Å²) in [5, 5.41) is 12.0. The summed E-state index contributed by atoms with van der Waals surface area (Å²) in [6.07, 6.45) is 0. The zero-order valence-corrected chi connectivity index (χ0v) is 7.93. The highest BCUT2D eigenvalue weighted by Gasteiger charge is 2.28. The lowest BCUT2D eigenvalue weighted by Crippen LogP contribution is -2.52. The number of phenols is 1. The van der Waals surface area contributed by atoms with E-state index in [1.165, 1.54) is 11.0 Å². The largest absolute Gasteiger partial charge is 0.506 e. The second-order valence-corrected chi connectivity index (χ2v) is 3.20. The number of para-hydroxylation sites is 2. The molecule has 0 spiro atoms. The number of nitrogens with zero attached hydrogens (tertiary/aromatic N) is 1. The monoisotopic (exact) mass is 206 g/mol. The van der Waals surface area contributed by atoms with Crippen molar-refractivity contribution in [3.63, 3.8) is 0 Å². The average Bonchev–Trinajstić information content (AvgIpc) is 2.23. The summed E-state index contributed by atoms with van der Waals surface area (Å²) in [6, 6.07) is 6.45. The smallest absolute Gasteiger partial charge is 0.316 e. The van der Waals surface area contributed by atoms with Gasteiger partial charge in [-0.05, 0) is 12.1 Å². The standard InChI is InChI=1S/C10H10N2O3/c13-8-4-2-1-3-7(8)12-6-5-11-9(14)10(12)15/h1-4,13H,5-6H2,(H,11,14). The lowest BCUT2D eigenvalue weighted by molar-refractivity contribution is -0.138. The normalized spacial score (nSPS) is 16.4. The van der Waals surface area contributed by atoms with Crippen molar-refractivity contribution < 1.29 is 14.7 Å². The van der Waals surface area contributed by atoms with Crippen LogP contribution in [0.1, 0.15) is 0 Å². The van der Waals surface area contributed by atoms with Gasteiger partial charge in [0.1, 0.15) is 5.75 Å². The van der Waals surface area contributed by atoms with Crippen LogP contribution in [0.5, 0.6) is 5.75 Å². The number of carbonyl (C=O) groups excluding carboxylic acids is 2. The molecule has 1 heterocycles. The fourth-order valence-electron chi connectivity index (χ4n) is 1.50. The van der Waals surface area contributed by atoms with Crippen LogP contribution >= 0.6 is 0 Å². The third-order valence-electron chi connectivity index (χ3n) is 2.23. The van der Waals surface area contributed by atoms with Crippen molar-refractivity contribution in [1.82, 2.24) is 5.32 Å². The molecule has 5 heteroatoms. The van der Waals surface area contributed by atoms with Crippen LogP contribution in [0.2, 0.25) is 0 Å². The zero-order valence-electron chi connectivity index (χ0n) is 7.93. The van der Waals surface area contributed by atoms with Gasteiger partial charge in [0.25, 0.3) is 0 Å². The number of benzene rings is 1. The van der Waals surface area contributed by atoms with Gasteiger partial charge in [-0.1, -0.05) is 12.1 Å². The van der Waals surface area contributed by atoms with Crippen molar-refractivity contribution in [3.8, 4) is 5.75 Å². The number of hydrogen-bond acceptors (Lipinski definition) is 3. The third-order valence-corrected chi connectivity index (χ3v) is 2.23. The van der Waals surface area contributed by atoms with E-state index in [1.807, 2.05) is 0 Å². The Hall–Kier alpha value is -2.04. The molecule has 15 heavy (non-hydrogen) atoms. The number of phenolic OH excluding ortho intramolecular Hbond substituents is 1. The van der Waals surface area contributed by atoms with Gasteiger partial charge in [-0.3, -0.25) is 14.5 Å². The summed E-state index contributed by atoms with van der Waals surface area (Å²) in [7, 11) is 0. The molecule has 0 atom stereocenters. The molecule has 5 nitrogen and oxygen atoms in total. The number of amides is 2. The first-order chi connectivity index (χ1) is 7.20. The van der Waals surface area contributed by atoms with Gasteiger partial charge in [0, 0.05) is 13.1 Å². The van der Waals surface area contributed by atoms with Crippen LogP contribution in [0.25, 0.3) is 0 Å². The highest BCUT2D eigenvalue weighted by atomic mass is 16.3. The number of anilines is 1. The molecule has 1 aromatic rings. The minimum atomic E-state index is -0.636. The fraction of sp³-hybridized carbons (Fsp3) is 0.200. The van der Waals surface area contributed by atoms with Gasteiger partial charge in [-0.2, -0.15) is 0 Å². The fourth-order valence-corrected chi connectivity index (χ4v) is 1.50. The van der Waals surface area contributed by atoms with E-state index in [4.69, 9.17) is 0 Å². The van der Waals surface area contributed by atoms with Crippen molar-refractivity contribution in [2.24, 2.45) is 0 Å². The maximum atomic E-state index is 11.5. The van der Waals surface area contributed by atoms with E-state index in [9.17, 15) is 14.7 Å².